The van der Waals surface area contributed by atoms with Gasteiger partial charge in [0, 0.05) is 11.8 Å². The lowest BCUT2D eigenvalue weighted by Gasteiger charge is -2.08. The van der Waals surface area contributed by atoms with Crippen LogP contribution in [0.1, 0.15) is 11.1 Å². The van der Waals surface area contributed by atoms with Gasteiger partial charge in [0.05, 0.1) is 17.7 Å². The highest BCUT2D eigenvalue weighted by Crippen LogP contribution is 2.22. The molecule has 0 aromatic heterocycles. The molecule has 0 saturated carbocycles. The highest BCUT2D eigenvalue weighted by molar-refractivity contribution is 5.85. The van der Waals surface area contributed by atoms with E-state index in [1.54, 1.807) is 0 Å². The third-order valence-corrected chi connectivity index (χ3v) is 3.17. The van der Waals surface area contributed by atoms with Gasteiger partial charge < -0.3 is 10.4 Å². The first-order chi connectivity index (χ1) is 11.5. The Morgan fingerprint density at radius 2 is 2.04 bits per heavy atom. The quantitative estimate of drug-likeness (QED) is 0.474. The molecule has 2 N–H and O–H groups in total. The number of nitrogens with zero attached hydrogens (tertiary/aromatic N) is 2. The highest BCUT2D eigenvalue weighted by atomic mass is 16.6. The van der Waals surface area contributed by atoms with E-state index < -0.39 is 16.4 Å². The molecule has 0 saturated heterocycles. The average molecular weight is 327 g/mol. The number of aryl methyl sites for hydroxylation is 1. The number of carbonyl (C=O) groups is 1. The number of nitro groups is 1. The Labute approximate surface area is 138 Å². The Kier molecular flexibility index (Phi) is 5.45. The minimum absolute atomic E-state index is 0.0370. The topological polar surface area (TPSA) is 120 Å². The second-order valence-corrected chi connectivity index (χ2v) is 4.95. The first-order valence-electron chi connectivity index (χ1n) is 7.04. The van der Waals surface area contributed by atoms with Gasteiger partial charge in [0.1, 0.15) is 0 Å². The van der Waals surface area contributed by atoms with Crippen molar-refractivity contribution in [3.8, 4) is 5.75 Å². The van der Waals surface area contributed by atoms with Crippen LogP contribution in [0.4, 0.5) is 11.4 Å². The fraction of sp³-hybridized carbons (Fsp3) is 0.125. The fourth-order valence-corrected chi connectivity index (χ4v) is 1.93. The zero-order valence-electron chi connectivity index (χ0n) is 12.9. The summed E-state index contributed by atoms with van der Waals surface area (Å²) in [5.74, 6) is -1.07. The highest BCUT2D eigenvalue weighted by Gasteiger charge is 2.06. The lowest BCUT2D eigenvalue weighted by atomic mass is 10.2. The Bertz CT molecular complexity index is 789. The predicted molar refractivity (Wildman–Crippen MR) is 87.9 cm³/mol. The maximum Gasteiger partial charge on any atom is 0.261 e. The molecule has 8 heteroatoms. The lowest BCUT2D eigenvalue weighted by Crippen LogP contribution is -2.26. The Morgan fingerprint density at radius 3 is 2.71 bits per heavy atom. The van der Waals surface area contributed by atoms with Crippen LogP contribution in [0.15, 0.2) is 47.6 Å². The van der Waals surface area contributed by atoms with Gasteiger partial charge >= 0.3 is 0 Å². The molecule has 0 bridgehead atoms. The summed E-state index contributed by atoms with van der Waals surface area (Å²) >= 11 is 0. The third kappa shape index (κ3) is 4.54. The van der Waals surface area contributed by atoms with Crippen LogP contribution in [0.5, 0.6) is 5.75 Å². The molecule has 0 radical (unpaired) electrons. The summed E-state index contributed by atoms with van der Waals surface area (Å²) in [5.41, 5.74) is 4.03. The molecule has 2 rings (SSSR count). The number of anilines is 1. The number of nitrogens with one attached hydrogen (secondary N) is 2. The number of hydrogen-bond donors (Lipinski definition) is 2. The van der Waals surface area contributed by atoms with Gasteiger partial charge in [-0.2, -0.15) is 5.10 Å². The van der Waals surface area contributed by atoms with Crippen molar-refractivity contribution in [1.82, 2.24) is 5.43 Å². The van der Waals surface area contributed by atoms with E-state index in [2.05, 4.69) is 15.8 Å². The van der Waals surface area contributed by atoms with Gasteiger partial charge in [-0.3, -0.25) is 14.9 Å². The average Bonchev–Trinajstić information content (AvgIpc) is 2.54. The van der Waals surface area contributed by atoms with Gasteiger partial charge in [0.25, 0.3) is 11.6 Å². The molecule has 8 nitrogen and oxygen atoms in total. The predicted octanol–water partition coefficient (Wildman–Crippen LogP) is 1.54. The molecular formula is C16H15N4O4-. The lowest BCUT2D eigenvalue weighted by molar-refractivity contribution is -0.398. The van der Waals surface area contributed by atoms with E-state index in [9.17, 15) is 20.0 Å². The zero-order chi connectivity index (χ0) is 17.5. The molecule has 0 aliphatic carbocycles. The van der Waals surface area contributed by atoms with Gasteiger partial charge in [0.2, 0.25) is 0 Å². The Morgan fingerprint density at radius 1 is 1.29 bits per heavy atom. The number of rotatable bonds is 6. The molecule has 2 aromatic rings. The van der Waals surface area contributed by atoms with E-state index in [4.69, 9.17) is 0 Å². The first kappa shape index (κ1) is 16.9. The maximum atomic E-state index is 11.7. The van der Waals surface area contributed by atoms with Gasteiger partial charge in [-0.1, -0.05) is 24.3 Å². The second kappa shape index (κ2) is 7.73. The third-order valence-electron chi connectivity index (χ3n) is 3.17. The van der Waals surface area contributed by atoms with Crippen LogP contribution in [-0.4, -0.2) is 23.6 Å². The van der Waals surface area contributed by atoms with Crippen molar-refractivity contribution < 1.29 is 14.8 Å². The summed E-state index contributed by atoms with van der Waals surface area (Å²) in [6.45, 7) is 1.96. The van der Waals surface area contributed by atoms with Crippen molar-refractivity contribution in [1.29, 1.82) is 0 Å². The molecule has 0 unspecified atom stereocenters. The van der Waals surface area contributed by atoms with Crippen LogP contribution >= 0.6 is 0 Å². The summed E-state index contributed by atoms with van der Waals surface area (Å²) in [5, 5.41) is 28.7. The molecule has 0 spiro atoms. The van der Waals surface area contributed by atoms with Gasteiger partial charge in [-0.15, -0.1) is 0 Å². The molecule has 124 valence electrons. The summed E-state index contributed by atoms with van der Waals surface area (Å²) < 4.78 is 0. The molecule has 24 heavy (non-hydrogen) atoms. The minimum atomic E-state index is -0.748. The van der Waals surface area contributed by atoms with Gasteiger partial charge in [0.15, 0.2) is 0 Å². The van der Waals surface area contributed by atoms with Crippen molar-refractivity contribution in [2.45, 2.75) is 6.92 Å². The van der Waals surface area contributed by atoms with Gasteiger partial charge in [-0.25, -0.2) is 5.43 Å². The van der Waals surface area contributed by atoms with E-state index >= 15 is 0 Å². The number of carbonyl (C=O) groups excluding carboxylic acids is 1. The number of hydrogen-bond acceptors (Lipinski definition) is 6. The Hall–Kier alpha value is -3.42. The molecular weight excluding hydrogens is 312 g/mol. The zero-order valence-corrected chi connectivity index (χ0v) is 12.9. The largest absolute Gasteiger partial charge is 0.868 e. The van der Waals surface area contributed by atoms with Crippen LogP contribution in [0.3, 0.4) is 0 Å². The molecule has 0 atom stereocenters. The SMILES string of the molecule is Cc1ccccc1NCC(=O)N/N=C\c1ccc([N+](=O)[O-])c([O-])c1. The smallest absolute Gasteiger partial charge is 0.261 e. The Balaban J connectivity index is 1.87. The fourth-order valence-electron chi connectivity index (χ4n) is 1.93. The standard InChI is InChI=1S/C16H16N4O4/c1-11-4-2-3-5-13(11)17-10-16(22)19-18-9-12-6-7-14(20(23)24)15(21)8-12/h2-9,17,21H,10H2,1H3,(H,19,22)/p-1/b18-9-. The van der Waals surface area contributed by atoms with E-state index in [0.29, 0.717) is 5.56 Å². The minimum Gasteiger partial charge on any atom is -0.868 e. The number of hydrazone groups is 1. The first-order valence-corrected chi connectivity index (χ1v) is 7.04. The van der Waals surface area contributed by atoms with Crippen LogP contribution in [0.25, 0.3) is 0 Å². The van der Waals surface area contributed by atoms with Crippen LogP contribution < -0.4 is 15.8 Å². The molecule has 0 aliphatic rings. The van der Waals surface area contributed by atoms with Crippen molar-refractivity contribution in [2.75, 3.05) is 11.9 Å². The maximum absolute atomic E-state index is 11.7. The molecule has 0 heterocycles. The van der Waals surface area contributed by atoms with E-state index in [-0.39, 0.29) is 12.5 Å². The summed E-state index contributed by atoms with van der Waals surface area (Å²) in [6.07, 6.45) is 1.25. The normalized spacial score (nSPS) is 10.5. The monoisotopic (exact) mass is 327 g/mol. The molecule has 1 amide bonds. The van der Waals surface area contributed by atoms with Crippen molar-refractivity contribution in [3.05, 3.63) is 63.7 Å². The molecule has 0 fully saturated rings. The van der Waals surface area contributed by atoms with Crippen molar-refractivity contribution >= 4 is 23.5 Å². The number of amides is 1. The van der Waals surface area contributed by atoms with Crippen molar-refractivity contribution in [2.24, 2.45) is 5.10 Å². The van der Waals surface area contributed by atoms with Crippen LogP contribution in [-0.2, 0) is 4.79 Å². The van der Waals surface area contributed by atoms with E-state index in [1.807, 2.05) is 31.2 Å². The number of para-hydroxylation sites is 1. The second-order valence-electron chi connectivity index (χ2n) is 4.95. The van der Waals surface area contributed by atoms with Crippen LogP contribution in [0.2, 0.25) is 0 Å². The molecule has 0 aliphatic heterocycles. The van der Waals surface area contributed by atoms with Crippen molar-refractivity contribution in [3.63, 3.8) is 0 Å². The van der Waals surface area contributed by atoms with E-state index in [1.165, 1.54) is 12.3 Å². The van der Waals surface area contributed by atoms with Gasteiger partial charge in [-0.05, 0) is 35.9 Å². The molecule has 2 aromatic carbocycles. The van der Waals surface area contributed by atoms with E-state index in [0.717, 1.165) is 23.4 Å². The summed E-state index contributed by atoms with van der Waals surface area (Å²) in [6, 6.07) is 11.1. The summed E-state index contributed by atoms with van der Waals surface area (Å²) in [4.78, 5) is 21.5. The number of nitro benzene ring substituents is 1. The summed E-state index contributed by atoms with van der Waals surface area (Å²) in [7, 11) is 0. The number of benzene rings is 2. The van der Waals surface area contributed by atoms with Crippen LogP contribution in [0, 0.1) is 17.0 Å².